The third-order valence-corrected chi connectivity index (χ3v) is 10.7. The van der Waals surface area contributed by atoms with Gasteiger partial charge in [-0.25, -0.2) is 4.99 Å². The molecule has 0 saturated heterocycles. The molecule has 7 rings (SSSR count). The van der Waals surface area contributed by atoms with Crippen molar-refractivity contribution in [1.29, 1.82) is 0 Å². The van der Waals surface area contributed by atoms with Crippen LogP contribution in [-0.2, 0) is 18.4 Å². The minimum absolute atomic E-state index is 0.00477. The first-order chi connectivity index (χ1) is 25.1. The van der Waals surface area contributed by atoms with Gasteiger partial charge in [0, 0.05) is 22.3 Å². The Balaban J connectivity index is 1.18. The van der Waals surface area contributed by atoms with Gasteiger partial charge < -0.3 is 0 Å². The number of fused-ring (bicyclic) bond motifs is 2. The standard InChI is InChI=1S/C49H48N2/c1-3-17-43(26-15-24-40-23-14-22-39-18-8-10-27-46(39)40)49(34-12-5-13-35-49)44-32-30-38(31-33-44)36-50-48(42-20-6-4-7-21-42)51-37(2)45-29-16-25-41-19-9-11-28-47(41)45/h3-4,6-9,11,14-26,28-33H,5,10,12-13,27,34-36H2,1-2H3/b17-3-,24-15+,43-26+,50-48?,51-37?. The smallest absolute Gasteiger partial charge is 0.155 e. The summed E-state index contributed by atoms with van der Waals surface area (Å²) in [6.07, 6.45) is 24.5. The maximum atomic E-state index is 5.14. The quantitative estimate of drug-likeness (QED) is 0.0851. The van der Waals surface area contributed by atoms with Crippen molar-refractivity contribution in [2.75, 3.05) is 0 Å². The van der Waals surface area contributed by atoms with Gasteiger partial charge in [0.05, 0.1) is 6.54 Å². The van der Waals surface area contributed by atoms with E-state index in [1.807, 2.05) is 6.07 Å². The number of hydrogen-bond acceptors (Lipinski definition) is 1. The molecule has 5 aromatic carbocycles. The second kappa shape index (κ2) is 16.1. The van der Waals surface area contributed by atoms with Crippen LogP contribution in [0.2, 0.25) is 0 Å². The van der Waals surface area contributed by atoms with Crippen LogP contribution in [0.15, 0.2) is 161 Å². The fourth-order valence-electron chi connectivity index (χ4n) is 8.00. The molecule has 0 aliphatic heterocycles. The Kier molecular flexibility index (Phi) is 10.8. The molecule has 1 saturated carbocycles. The van der Waals surface area contributed by atoms with Crippen molar-refractivity contribution in [3.8, 4) is 0 Å². The normalized spacial score (nSPS) is 16.6. The summed E-state index contributed by atoms with van der Waals surface area (Å²) in [5, 5.41) is 2.42. The highest BCUT2D eigenvalue weighted by atomic mass is 14.9. The average Bonchev–Trinajstić information content (AvgIpc) is 3.19. The van der Waals surface area contributed by atoms with Crippen molar-refractivity contribution in [3.05, 3.63) is 190 Å². The first-order valence-electron chi connectivity index (χ1n) is 18.7. The van der Waals surface area contributed by atoms with E-state index < -0.39 is 0 Å². The lowest BCUT2D eigenvalue weighted by Gasteiger charge is -2.39. The van der Waals surface area contributed by atoms with Crippen molar-refractivity contribution < 1.29 is 0 Å². The van der Waals surface area contributed by atoms with Gasteiger partial charge in [-0.05, 0) is 83.7 Å². The number of aliphatic imine (C=N–C) groups is 2. The van der Waals surface area contributed by atoms with Gasteiger partial charge in [-0.1, -0.05) is 177 Å². The summed E-state index contributed by atoms with van der Waals surface area (Å²) in [4.78, 5) is 10.3. The molecule has 51 heavy (non-hydrogen) atoms. The SMILES string of the molecule is C\C=C/C(=C\C=C\c1cccc2c1CCC=C2)C1(c2ccc(CN=C(N=C(C)c3cccc4ccccc34)c3ccccc3)cc2)CCCCC1. The Morgan fingerprint density at radius 2 is 1.55 bits per heavy atom. The van der Waals surface area contributed by atoms with E-state index in [2.05, 4.69) is 166 Å². The topological polar surface area (TPSA) is 24.7 Å². The number of allylic oxidation sites excluding steroid dienone is 6. The molecule has 0 unspecified atom stereocenters. The molecular weight excluding hydrogens is 617 g/mol. The van der Waals surface area contributed by atoms with Gasteiger partial charge in [-0.3, -0.25) is 4.99 Å². The molecule has 2 nitrogen and oxygen atoms in total. The molecule has 5 aromatic rings. The number of amidine groups is 1. The Labute approximate surface area is 304 Å². The summed E-state index contributed by atoms with van der Waals surface area (Å²) in [5.41, 5.74) is 11.3. The number of benzene rings is 5. The van der Waals surface area contributed by atoms with E-state index in [0.29, 0.717) is 6.54 Å². The molecule has 2 aliphatic carbocycles. The second-order valence-electron chi connectivity index (χ2n) is 13.9. The minimum Gasteiger partial charge on any atom is -0.261 e. The Hall–Kier alpha value is -5.34. The van der Waals surface area contributed by atoms with E-state index in [1.165, 1.54) is 76.3 Å². The highest BCUT2D eigenvalue weighted by molar-refractivity contribution is 6.16. The van der Waals surface area contributed by atoms with Crippen LogP contribution in [0.5, 0.6) is 0 Å². The van der Waals surface area contributed by atoms with Crippen LogP contribution < -0.4 is 0 Å². The van der Waals surface area contributed by atoms with Gasteiger partial charge in [-0.2, -0.15) is 0 Å². The molecule has 0 aromatic heterocycles. The largest absolute Gasteiger partial charge is 0.261 e. The van der Waals surface area contributed by atoms with E-state index >= 15 is 0 Å². The zero-order valence-electron chi connectivity index (χ0n) is 30.1. The van der Waals surface area contributed by atoms with Gasteiger partial charge in [0.1, 0.15) is 0 Å². The van der Waals surface area contributed by atoms with Crippen LogP contribution in [0.1, 0.15) is 91.3 Å². The average molecular weight is 665 g/mol. The van der Waals surface area contributed by atoms with Crippen LogP contribution in [0, 0.1) is 0 Å². The summed E-state index contributed by atoms with van der Waals surface area (Å²) < 4.78 is 0. The zero-order valence-corrected chi connectivity index (χ0v) is 30.1. The van der Waals surface area contributed by atoms with Crippen LogP contribution >= 0.6 is 0 Å². The molecule has 2 heteroatoms. The van der Waals surface area contributed by atoms with Crippen molar-refractivity contribution in [1.82, 2.24) is 0 Å². The van der Waals surface area contributed by atoms with Crippen LogP contribution in [0.25, 0.3) is 22.9 Å². The molecule has 0 N–H and O–H groups in total. The number of nitrogens with zero attached hydrogens (tertiary/aromatic N) is 2. The Morgan fingerprint density at radius 3 is 2.37 bits per heavy atom. The molecule has 1 fully saturated rings. The lowest BCUT2D eigenvalue weighted by molar-refractivity contribution is 0.345. The van der Waals surface area contributed by atoms with E-state index in [0.717, 1.165) is 35.5 Å². The summed E-state index contributed by atoms with van der Waals surface area (Å²) in [7, 11) is 0. The monoisotopic (exact) mass is 664 g/mol. The van der Waals surface area contributed by atoms with Gasteiger partial charge in [0.25, 0.3) is 0 Å². The summed E-state index contributed by atoms with van der Waals surface area (Å²) >= 11 is 0. The predicted molar refractivity (Wildman–Crippen MR) is 220 cm³/mol. The fraction of sp³-hybridized carbons (Fsp3) is 0.224. The Bertz CT molecular complexity index is 2140. The van der Waals surface area contributed by atoms with E-state index in [9.17, 15) is 0 Å². The Morgan fingerprint density at radius 1 is 0.784 bits per heavy atom. The minimum atomic E-state index is 0.00477. The molecule has 0 atom stereocenters. The third-order valence-electron chi connectivity index (χ3n) is 10.7. The lowest BCUT2D eigenvalue weighted by Crippen LogP contribution is -2.31. The lowest BCUT2D eigenvalue weighted by atomic mass is 9.64. The van der Waals surface area contributed by atoms with Crippen molar-refractivity contribution >= 4 is 34.5 Å². The van der Waals surface area contributed by atoms with Gasteiger partial charge >= 0.3 is 0 Å². The number of rotatable bonds is 9. The molecule has 0 radical (unpaired) electrons. The maximum Gasteiger partial charge on any atom is 0.155 e. The maximum absolute atomic E-state index is 5.14. The molecule has 0 heterocycles. The van der Waals surface area contributed by atoms with Gasteiger partial charge in [-0.15, -0.1) is 0 Å². The molecule has 2 aliphatic rings. The van der Waals surface area contributed by atoms with Gasteiger partial charge in [0.15, 0.2) is 5.84 Å². The number of hydrogen-bond donors (Lipinski definition) is 0. The molecular formula is C49H48N2. The van der Waals surface area contributed by atoms with Crippen LogP contribution in [0.4, 0.5) is 0 Å². The van der Waals surface area contributed by atoms with Crippen molar-refractivity contribution in [2.24, 2.45) is 9.98 Å². The van der Waals surface area contributed by atoms with Crippen molar-refractivity contribution in [3.63, 3.8) is 0 Å². The first-order valence-corrected chi connectivity index (χ1v) is 18.7. The molecule has 0 amide bonds. The van der Waals surface area contributed by atoms with Gasteiger partial charge in [0.2, 0.25) is 0 Å². The highest BCUT2D eigenvalue weighted by Gasteiger charge is 2.36. The zero-order chi connectivity index (χ0) is 34.9. The van der Waals surface area contributed by atoms with E-state index in [1.54, 1.807) is 0 Å². The summed E-state index contributed by atoms with van der Waals surface area (Å²) in [5.74, 6) is 0.759. The first kappa shape index (κ1) is 34.1. The molecule has 0 spiro atoms. The molecule has 0 bridgehead atoms. The fourth-order valence-corrected chi connectivity index (χ4v) is 8.00. The third kappa shape index (κ3) is 7.71. The van der Waals surface area contributed by atoms with E-state index in [-0.39, 0.29) is 5.41 Å². The molecule has 254 valence electrons. The highest BCUT2D eigenvalue weighted by Crippen LogP contribution is 2.46. The van der Waals surface area contributed by atoms with Crippen molar-refractivity contribution in [2.45, 2.75) is 70.8 Å². The van der Waals surface area contributed by atoms with Crippen LogP contribution in [-0.4, -0.2) is 11.5 Å². The van der Waals surface area contributed by atoms with Crippen LogP contribution in [0.3, 0.4) is 0 Å². The summed E-state index contributed by atoms with van der Waals surface area (Å²) in [6.45, 7) is 4.80. The second-order valence-corrected chi connectivity index (χ2v) is 13.9. The van der Waals surface area contributed by atoms with E-state index in [4.69, 9.17) is 9.98 Å². The summed E-state index contributed by atoms with van der Waals surface area (Å²) in [6, 6.07) is 41.2. The predicted octanol–water partition coefficient (Wildman–Crippen LogP) is 12.7.